The Morgan fingerprint density at radius 1 is 0.733 bits per heavy atom. The first kappa shape index (κ1) is 19.3. The Labute approximate surface area is 176 Å². The van der Waals surface area contributed by atoms with Crippen molar-refractivity contribution < 1.29 is 9.59 Å². The zero-order valence-electron chi connectivity index (χ0n) is 18.6. The number of amides is 2. The molecule has 0 bridgehead atoms. The number of hydrogen-bond acceptors (Lipinski definition) is 4. The van der Waals surface area contributed by atoms with Gasteiger partial charge >= 0.3 is 0 Å². The van der Waals surface area contributed by atoms with Crippen molar-refractivity contribution in [3.63, 3.8) is 0 Å². The van der Waals surface area contributed by atoms with Gasteiger partial charge in [-0.3, -0.25) is 19.4 Å². The fourth-order valence-corrected chi connectivity index (χ4v) is 4.66. The molecule has 0 N–H and O–H groups in total. The van der Waals surface area contributed by atoms with Crippen LogP contribution in [0.4, 0.5) is 11.6 Å². The SMILES string of the molecule is CC(C)(C)c1cc2n(n1)C1CCC(=O)N1c1cc(C(C)(C)C)nn1C1CCC(=O)N21. The molecule has 8 nitrogen and oxygen atoms in total. The lowest BCUT2D eigenvalue weighted by Crippen LogP contribution is -2.42. The highest BCUT2D eigenvalue weighted by Crippen LogP contribution is 2.46. The van der Waals surface area contributed by atoms with E-state index in [9.17, 15) is 9.59 Å². The molecule has 160 valence electrons. The number of aromatic nitrogens is 4. The van der Waals surface area contributed by atoms with Gasteiger partial charge in [-0.25, -0.2) is 9.36 Å². The van der Waals surface area contributed by atoms with Crippen LogP contribution in [0, 0.1) is 0 Å². The molecule has 2 unspecified atom stereocenters. The summed E-state index contributed by atoms with van der Waals surface area (Å²) in [5.41, 5.74) is 1.52. The normalized spacial score (nSPS) is 23.8. The molecule has 2 atom stereocenters. The molecule has 2 fully saturated rings. The summed E-state index contributed by atoms with van der Waals surface area (Å²) in [6.45, 7) is 12.7. The molecule has 8 heteroatoms. The van der Waals surface area contributed by atoms with E-state index in [4.69, 9.17) is 10.2 Å². The predicted molar refractivity (Wildman–Crippen MR) is 113 cm³/mol. The first-order chi connectivity index (χ1) is 14.0. The van der Waals surface area contributed by atoms with E-state index in [2.05, 4.69) is 41.5 Å². The molecule has 3 aliphatic heterocycles. The fraction of sp³-hybridized carbons (Fsp3) is 0.636. The van der Waals surface area contributed by atoms with Gasteiger partial charge in [0.05, 0.1) is 11.4 Å². The molecule has 0 saturated carbocycles. The Bertz CT molecular complexity index is 967. The first-order valence-corrected chi connectivity index (χ1v) is 10.8. The van der Waals surface area contributed by atoms with Crippen LogP contribution in [0.3, 0.4) is 0 Å². The number of rotatable bonds is 0. The maximum atomic E-state index is 13.0. The number of hydrogen-bond donors (Lipinski definition) is 0. The van der Waals surface area contributed by atoms with Crippen LogP contribution in [-0.2, 0) is 20.4 Å². The minimum atomic E-state index is -0.249. The predicted octanol–water partition coefficient (Wildman–Crippen LogP) is 3.64. The van der Waals surface area contributed by atoms with Gasteiger partial charge < -0.3 is 0 Å². The number of carbonyl (C=O) groups is 2. The summed E-state index contributed by atoms with van der Waals surface area (Å²) in [6, 6.07) is 4.05. The average molecular weight is 411 g/mol. The Kier molecular flexibility index (Phi) is 3.84. The quantitative estimate of drug-likeness (QED) is 0.664. The van der Waals surface area contributed by atoms with Crippen LogP contribution in [0.1, 0.15) is 90.9 Å². The zero-order chi connectivity index (χ0) is 21.6. The molecule has 2 saturated heterocycles. The van der Waals surface area contributed by atoms with Gasteiger partial charge in [0.2, 0.25) is 11.8 Å². The van der Waals surface area contributed by atoms with Gasteiger partial charge in [-0.2, -0.15) is 10.2 Å². The van der Waals surface area contributed by atoms with Gasteiger partial charge in [0.25, 0.3) is 0 Å². The largest absolute Gasteiger partial charge is 0.274 e. The summed E-state index contributed by atoms with van der Waals surface area (Å²) in [5.74, 6) is 1.71. The van der Waals surface area contributed by atoms with E-state index in [1.165, 1.54) is 0 Å². The van der Waals surface area contributed by atoms with Crippen molar-refractivity contribution >= 4 is 23.5 Å². The minimum absolute atomic E-state index is 0.0816. The average Bonchev–Trinajstić information content (AvgIpc) is 3.35. The van der Waals surface area contributed by atoms with Gasteiger partial charge in [0.15, 0.2) is 0 Å². The molecule has 2 aromatic rings. The van der Waals surface area contributed by atoms with E-state index in [0.717, 1.165) is 23.0 Å². The van der Waals surface area contributed by atoms with Crippen LogP contribution in [0.15, 0.2) is 12.1 Å². The standard InChI is InChI=1S/C22H30N6O2/c1-21(2,3)13-11-17-25-16(8-10-19(25)29)28-18(12-14(24-28)22(4,5)6)26-15(27(17)23-13)7-9-20(26)30/h11-12,15-16H,7-10H2,1-6H3. The van der Waals surface area contributed by atoms with Crippen LogP contribution in [-0.4, -0.2) is 31.4 Å². The molecule has 0 aliphatic carbocycles. The number of carbonyl (C=O) groups excluding carboxylic acids is 2. The van der Waals surface area contributed by atoms with Crippen molar-refractivity contribution in [3.05, 3.63) is 23.5 Å². The third-order valence-electron chi connectivity index (χ3n) is 6.39. The second kappa shape index (κ2) is 5.95. The van der Waals surface area contributed by atoms with E-state index >= 15 is 0 Å². The van der Waals surface area contributed by atoms with Crippen molar-refractivity contribution in [3.8, 4) is 0 Å². The smallest absolute Gasteiger partial charge is 0.230 e. The van der Waals surface area contributed by atoms with Crippen LogP contribution in [0.2, 0.25) is 0 Å². The van der Waals surface area contributed by atoms with Crippen molar-refractivity contribution in [2.75, 3.05) is 9.80 Å². The topological polar surface area (TPSA) is 76.3 Å². The van der Waals surface area contributed by atoms with Crippen molar-refractivity contribution in [1.29, 1.82) is 0 Å². The molecule has 0 spiro atoms. The van der Waals surface area contributed by atoms with Crippen LogP contribution >= 0.6 is 0 Å². The number of anilines is 2. The van der Waals surface area contributed by atoms with Gasteiger partial charge in [-0.15, -0.1) is 0 Å². The van der Waals surface area contributed by atoms with E-state index < -0.39 is 0 Å². The summed E-state index contributed by atoms with van der Waals surface area (Å²) in [6.07, 6.45) is 1.76. The summed E-state index contributed by atoms with van der Waals surface area (Å²) in [5, 5.41) is 9.85. The summed E-state index contributed by atoms with van der Waals surface area (Å²) in [4.78, 5) is 29.8. The maximum Gasteiger partial charge on any atom is 0.230 e. The van der Waals surface area contributed by atoms with E-state index in [0.29, 0.717) is 25.7 Å². The van der Waals surface area contributed by atoms with Crippen molar-refractivity contribution in [2.45, 2.75) is 90.4 Å². The van der Waals surface area contributed by atoms with Crippen molar-refractivity contribution in [2.24, 2.45) is 0 Å². The molecule has 0 radical (unpaired) electrons. The molecule has 2 amide bonds. The van der Waals surface area contributed by atoms with Crippen LogP contribution in [0.25, 0.3) is 0 Å². The molecule has 2 aromatic heterocycles. The molecular weight excluding hydrogens is 380 g/mol. The Balaban J connectivity index is 1.77. The second-order valence-corrected chi connectivity index (χ2v) is 10.7. The third kappa shape index (κ3) is 2.65. The van der Waals surface area contributed by atoms with Gasteiger partial charge in [0.1, 0.15) is 24.0 Å². The van der Waals surface area contributed by atoms with Gasteiger partial charge in [0, 0.05) is 35.8 Å². The Hall–Kier alpha value is -2.64. The maximum absolute atomic E-state index is 13.0. The Morgan fingerprint density at radius 3 is 1.43 bits per heavy atom. The lowest BCUT2D eigenvalue weighted by Gasteiger charge is -2.35. The highest BCUT2D eigenvalue weighted by atomic mass is 16.2. The highest BCUT2D eigenvalue weighted by Gasteiger charge is 2.46. The lowest BCUT2D eigenvalue weighted by molar-refractivity contribution is -0.117. The minimum Gasteiger partial charge on any atom is -0.274 e. The summed E-state index contributed by atoms with van der Waals surface area (Å²) >= 11 is 0. The molecule has 3 aliphatic rings. The van der Waals surface area contributed by atoms with E-state index in [1.54, 1.807) is 0 Å². The zero-order valence-corrected chi connectivity index (χ0v) is 18.6. The molecule has 5 rings (SSSR count). The van der Waals surface area contributed by atoms with Crippen molar-refractivity contribution in [1.82, 2.24) is 19.6 Å². The number of fused-ring (bicyclic) bond motifs is 8. The van der Waals surface area contributed by atoms with E-state index in [1.807, 2.05) is 31.3 Å². The summed E-state index contributed by atoms with van der Waals surface area (Å²) < 4.78 is 3.82. The first-order valence-electron chi connectivity index (χ1n) is 10.8. The van der Waals surface area contributed by atoms with Crippen LogP contribution < -0.4 is 9.80 Å². The number of nitrogens with zero attached hydrogens (tertiary/aromatic N) is 6. The lowest BCUT2D eigenvalue weighted by atomic mass is 9.92. The second-order valence-electron chi connectivity index (χ2n) is 10.7. The fourth-order valence-electron chi connectivity index (χ4n) is 4.66. The molecular formula is C22H30N6O2. The molecule has 0 aromatic carbocycles. The summed E-state index contributed by atoms with van der Waals surface area (Å²) in [7, 11) is 0. The highest BCUT2D eigenvalue weighted by molar-refractivity contribution is 5.98. The monoisotopic (exact) mass is 410 g/mol. The third-order valence-corrected chi connectivity index (χ3v) is 6.39. The van der Waals surface area contributed by atoms with Gasteiger partial charge in [-0.1, -0.05) is 41.5 Å². The van der Waals surface area contributed by atoms with E-state index in [-0.39, 0.29) is 35.0 Å². The molecule has 30 heavy (non-hydrogen) atoms. The molecule has 5 heterocycles. The Morgan fingerprint density at radius 2 is 1.10 bits per heavy atom. The van der Waals surface area contributed by atoms with Crippen LogP contribution in [0.5, 0.6) is 0 Å². The van der Waals surface area contributed by atoms with Gasteiger partial charge in [-0.05, 0) is 12.8 Å².